The maximum Gasteiger partial charge on any atom is 0.147 e. The van der Waals surface area contributed by atoms with Gasteiger partial charge in [0.15, 0.2) is 0 Å². The first kappa shape index (κ1) is 15.4. The van der Waals surface area contributed by atoms with Crippen LogP contribution < -0.4 is 0 Å². The van der Waals surface area contributed by atoms with E-state index in [9.17, 15) is 0 Å². The van der Waals surface area contributed by atoms with Crippen molar-refractivity contribution in [3.05, 3.63) is 12.2 Å². The van der Waals surface area contributed by atoms with Gasteiger partial charge in [-0.1, -0.05) is 0 Å². The van der Waals surface area contributed by atoms with Crippen LogP contribution in [0.5, 0.6) is 0 Å². The molecule has 2 rings (SSSR count). The van der Waals surface area contributed by atoms with Crippen molar-refractivity contribution in [3.63, 3.8) is 0 Å². The zero-order chi connectivity index (χ0) is 14.2. The van der Waals surface area contributed by atoms with Crippen molar-refractivity contribution < 1.29 is 14.2 Å². The van der Waals surface area contributed by atoms with Crippen molar-refractivity contribution in [2.75, 3.05) is 47.1 Å². The maximum atomic E-state index is 5.64. The van der Waals surface area contributed by atoms with Crippen LogP contribution in [0.4, 0.5) is 0 Å². The van der Waals surface area contributed by atoms with E-state index in [1.807, 2.05) is 4.57 Å². The summed E-state index contributed by atoms with van der Waals surface area (Å²) in [6, 6.07) is 0. The lowest BCUT2D eigenvalue weighted by atomic mass is 10.2. The summed E-state index contributed by atoms with van der Waals surface area (Å²) in [5.41, 5.74) is 0. The summed E-state index contributed by atoms with van der Waals surface area (Å²) in [6.07, 6.45) is 2.95. The topological polar surface area (TPSA) is 61.6 Å². The minimum atomic E-state index is 0.220. The van der Waals surface area contributed by atoms with Gasteiger partial charge < -0.3 is 18.8 Å². The normalized spacial score (nSPS) is 19.6. The fourth-order valence-corrected chi connectivity index (χ4v) is 2.17. The van der Waals surface area contributed by atoms with Crippen molar-refractivity contribution in [2.24, 2.45) is 0 Å². The van der Waals surface area contributed by atoms with Crippen LogP contribution >= 0.6 is 0 Å². The molecular weight excluding hydrogens is 260 g/mol. The second kappa shape index (κ2) is 8.31. The van der Waals surface area contributed by atoms with E-state index >= 15 is 0 Å². The average Bonchev–Trinajstić information content (AvgIpc) is 2.91. The summed E-state index contributed by atoms with van der Waals surface area (Å²) in [7, 11) is 3.78. The van der Waals surface area contributed by atoms with Crippen molar-refractivity contribution in [3.8, 4) is 0 Å². The molecule has 0 amide bonds. The van der Waals surface area contributed by atoms with E-state index in [1.165, 1.54) is 0 Å². The molecule has 1 fully saturated rings. The van der Waals surface area contributed by atoms with Crippen LogP contribution in [-0.2, 0) is 27.3 Å². The Hall–Kier alpha value is -1.02. The van der Waals surface area contributed by atoms with E-state index in [-0.39, 0.29) is 6.10 Å². The predicted molar refractivity (Wildman–Crippen MR) is 73.4 cm³/mol. The molecule has 0 N–H and O–H groups in total. The zero-order valence-corrected chi connectivity index (χ0v) is 12.3. The summed E-state index contributed by atoms with van der Waals surface area (Å²) >= 11 is 0. The minimum Gasteiger partial charge on any atom is -0.383 e. The summed E-state index contributed by atoms with van der Waals surface area (Å²) in [5, 5.41) is 8.13. The zero-order valence-electron chi connectivity index (χ0n) is 12.3. The van der Waals surface area contributed by atoms with Crippen LogP contribution in [-0.4, -0.2) is 72.9 Å². The van der Waals surface area contributed by atoms with Gasteiger partial charge >= 0.3 is 0 Å². The molecule has 0 spiro atoms. The van der Waals surface area contributed by atoms with Gasteiger partial charge in [0.05, 0.1) is 39.1 Å². The van der Waals surface area contributed by atoms with Crippen LogP contribution in [0.15, 0.2) is 6.33 Å². The van der Waals surface area contributed by atoms with Gasteiger partial charge in [0.25, 0.3) is 0 Å². The number of aromatic nitrogens is 3. The number of methoxy groups -OCH3 is 1. The van der Waals surface area contributed by atoms with Crippen LogP contribution in [0.1, 0.15) is 12.2 Å². The molecule has 20 heavy (non-hydrogen) atoms. The highest BCUT2D eigenvalue weighted by atomic mass is 16.6. The maximum absolute atomic E-state index is 5.64. The molecule has 1 aromatic heterocycles. The number of ether oxygens (including phenoxy) is 3. The third-order valence-corrected chi connectivity index (χ3v) is 3.36. The smallest absolute Gasteiger partial charge is 0.147 e. The van der Waals surface area contributed by atoms with Gasteiger partial charge in [-0.05, 0) is 13.5 Å². The first-order chi connectivity index (χ1) is 9.79. The van der Waals surface area contributed by atoms with E-state index in [0.29, 0.717) is 19.8 Å². The predicted octanol–water partition coefficient (Wildman–Crippen LogP) is 0.162. The lowest BCUT2D eigenvalue weighted by Crippen LogP contribution is -2.32. The summed E-state index contributed by atoms with van der Waals surface area (Å²) < 4.78 is 18.1. The molecule has 1 saturated heterocycles. The van der Waals surface area contributed by atoms with Crippen molar-refractivity contribution in [2.45, 2.75) is 25.6 Å². The molecule has 1 unspecified atom stereocenters. The molecule has 0 aliphatic carbocycles. The highest BCUT2D eigenvalue weighted by Gasteiger charge is 2.15. The Kier molecular flexibility index (Phi) is 6.38. The van der Waals surface area contributed by atoms with E-state index in [1.54, 1.807) is 13.4 Å². The second-order valence-electron chi connectivity index (χ2n) is 5.03. The summed E-state index contributed by atoms with van der Waals surface area (Å²) in [5.74, 6) is 0.963. The monoisotopic (exact) mass is 284 g/mol. The van der Waals surface area contributed by atoms with Gasteiger partial charge in [0, 0.05) is 20.2 Å². The van der Waals surface area contributed by atoms with Crippen molar-refractivity contribution in [1.82, 2.24) is 19.7 Å². The largest absolute Gasteiger partial charge is 0.383 e. The van der Waals surface area contributed by atoms with E-state index in [2.05, 4.69) is 22.1 Å². The van der Waals surface area contributed by atoms with Gasteiger partial charge in [-0.3, -0.25) is 4.90 Å². The first-order valence-electron chi connectivity index (χ1n) is 7.03. The van der Waals surface area contributed by atoms with E-state index < -0.39 is 0 Å². The third kappa shape index (κ3) is 4.82. The fraction of sp³-hybridized carbons (Fsp3) is 0.846. The third-order valence-electron chi connectivity index (χ3n) is 3.36. The Labute approximate surface area is 119 Å². The molecule has 1 atom stereocenters. The second-order valence-corrected chi connectivity index (χ2v) is 5.03. The number of nitrogens with zero attached hydrogens (tertiary/aromatic N) is 4. The fourth-order valence-electron chi connectivity index (χ4n) is 2.17. The minimum absolute atomic E-state index is 0.220. The number of hydrogen-bond donors (Lipinski definition) is 0. The van der Waals surface area contributed by atoms with Crippen molar-refractivity contribution in [1.29, 1.82) is 0 Å². The van der Waals surface area contributed by atoms with E-state index in [4.69, 9.17) is 14.2 Å². The molecule has 1 aliphatic rings. The number of hydrogen-bond acceptors (Lipinski definition) is 6. The lowest BCUT2D eigenvalue weighted by Gasteiger charge is -2.25. The van der Waals surface area contributed by atoms with Gasteiger partial charge in [-0.25, -0.2) is 0 Å². The summed E-state index contributed by atoms with van der Waals surface area (Å²) in [4.78, 5) is 2.23. The van der Waals surface area contributed by atoms with Crippen LogP contribution in [0.25, 0.3) is 0 Å². The Morgan fingerprint density at radius 3 is 3.15 bits per heavy atom. The lowest BCUT2D eigenvalue weighted by molar-refractivity contribution is -0.0924. The van der Waals surface area contributed by atoms with Gasteiger partial charge in [-0.2, -0.15) is 0 Å². The Balaban J connectivity index is 1.73. The highest BCUT2D eigenvalue weighted by molar-refractivity contribution is 4.85. The molecule has 2 heterocycles. The Morgan fingerprint density at radius 2 is 2.40 bits per heavy atom. The molecule has 1 aliphatic heterocycles. The van der Waals surface area contributed by atoms with E-state index in [0.717, 1.165) is 38.5 Å². The average molecular weight is 284 g/mol. The highest BCUT2D eigenvalue weighted by Crippen LogP contribution is 2.07. The van der Waals surface area contributed by atoms with Crippen LogP contribution in [0.2, 0.25) is 0 Å². The molecule has 7 nitrogen and oxygen atoms in total. The van der Waals surface area contributed by atoms with Crippen molar-refractivity contribution >= 4 is 0 Å². The molecule has 0 bridgehead atoms. The molecule has 0 saturated carbocycles. The quantitative estimate of drug-likeness (QED) is 0.678. The van der Waals surface area contributed by atoms with Crippen LogP contribution in [0, 0.1) is 0 Å². The Morgan fingerprint density at radius 1 is 1.50 bits per heavy atom. The molecular formula is C13H24N4O3. The van der Waals surface area contributed by atoms with Gasteiger partial charge in [-0.15, -0.1) is 10.2 Å². The standard InChI is InChI=1S/C13H24N4O3/c1-16(4-3-12-10-19-7-8-20-12)9-13-15-14-11-17(13)5-6-18-2/h11-12H,3-10H2,1-2H3. The summed E-state index contributed by atoms with van der Waals surface area (Å²) in [6.45, 7) is 5.31. The first-order valence-corrected chi connectivity index (χ1v) is 7.03. The molecule has 0 radical (unpaired) electrons. The molecule has 114 valence electrons. The van der Waals surface area contributed by atoms with Crippen LogP contribution in [0.3, 0.4) is 0 Å². The van der Waals surface area contributed by atoms with Gasteiger partial charge in [0.2, 0.25) is 0 Å². The SMILES string of the molecule is COCCn1cnnc1CN(C)CCC1COCCO1. The number of rotatable bonds is 8. The van der Waals surface area contributed by atoms with Gasteiger partial charge in [0.1, 0.15) is 12.2 Å². The Bertz CT molecular complexity index is 379. The molecule has 7 heteroatoms. The molecule has 0 aromatic carbocycles. The molecule has 1 aromatic rings.